The Morgan fingerprint density at radius 1 is 1.60 bits per heavy atom. The second kappa shape index (κ2) is 2.25. The second-order valence-corrected chi connectivity index (χ2v) is 3.44. The van der Waals surface area contributed by atoms with Gasteiger partial charge < -0.3 is 4.84 Å². The standard InChI is InChI=1S/C7H13NO2/c1-7(2,3)6-4-5-8(9)10-6/h4,9H,5H2,1-3H3. The van der Waals surface area contributed by atoms with Gasteiger partial charge in [-0.05, 0) is 11.3 Å². The van der Waals surface area contributed by atoms with E-state index in [0.717, 1.165) is 11.0 Å². The number of nitrogens with zero attached hydrogens (tertiary/aromatic N) is 1. The summed E-state index contributed by atoms with van der Waals surface area (Å²) in [5.41, 5.74) is -0.00250. The molecule has 10 heavy (non-hydrogen) atoms. The van der Waals surface area contributed by atoms with E-state index in [2.05, 4.69) is 0 Å². The highest BCUT2D eigenvalue weighted by molar-refractivity contribution is 5.05. The molecule has 1 aliphatic rings. The molecule has 0 aromatic heterocycles. The Balaban J connectivity index is 2.60. The topological polar surface area (TPSA) is 32.7 Å². The van der Waals surface area contributed by atoms with Crippen LogP contribution in [0.15, 0.2) is 11.8 Å². The fraction of sp³-hybridized carbons (Fsp3) is 0.714. The van der Waals surface area contributed by atoms with Crippen molar-refractivity contribution in [2.45, 2.75) is 20.8 Å². The first-order chi connectivity index (χ1) is 4.50. The number of rotatable bonds is 0. The van der Waals surface area contributed by atoms with Crippen LogP contribution in [0.2, 0.25) is 0 Å². The van der Waals surface area contributed by atoms with Gasteiger partial charge >= 0.3 is 0 Å². The minimum absolute atomic E-state index is 0.00250. The molecule has 0 spiro atoms. The molecule has 0 unspecified atom stereocenters. The monoisotopic (exact) mass is 143 g/mol. The zero-order valence-corrected chi connectivity index (χ0v) is 6.59. The lowest BCUT2D eigenvalue weighted by molar-refractivity contribution is -0.304. The fourth-order valence-corrected chi connectivity index (χ4v) is 0.792. The van der Waals surface area contributed by atoms with Gasteiger partial charge in [-0.2, -0.15) is 0 Å². The maximum absolute atomic E-state index is 8.82. The minimum Gasteiger partial charge on any atom is -0.385 e. The number of hydrogen-bond donors (Lipinski definition) is 1. The lowest BCUT2D eigenvalue weighted by atomic mass is 9.94. The predicted octanol–water partition coefficient (Wildman–Crippen LogP) is 1.55. The Labute approximate surface area is 60.8 Å². The second-order valence-electron chi connectivity index (χ2n) is 3.44. The van der Waals surface area contributed by atoms with Crippen LogP contribution in [0.1, 0.15) is 20.8 Å². The van der Waals surface area contributed by atoms with Crippen LogP contribution in [0.4, 0.5) is 0 Å². The van der Waals surface area contributed by atoms with Gasteiger partial charge in [0.2, 0.25) is 0 Å². The van der Waals surface area contributed by atoms with Gasteiger partial charge in [-0.15, -0.1) is 0 Å². The first-order valence-electron chi connectivity index (χ1n) is 3.35. The van der Waals surface area contributed by atoms with Crippen LogP contribution in [0.25, 0.3) is 0 Å². The average Bonchev–Trinajstić information content (AvgIpc) is 2.11. The van der Waals surface area contributed by atoms with Gasteiger partial charge in [0.1, 0.15) is 5.76 Å². The molecule has 0 atom stereocenters. The summed E-state index contributed by atoms with van der Waals surface area (Å²) in [4.78, 5) is 4.98. The molecule has 0 bridgehead atoms. The third kappa shape index (κ3) is 1.49. The van der Waals surface area contributed by atoms with E-state index in [1.807, 2.05) is 26.8 Å². The van der Waals surface area contributed by atoms with Crippen LogP contribution in [0.5, 0.6) is 0 Å². The van der Waals surface area contributed by atoms with Crippen LogP contribution >= 0.6 is 0 Å². The fourth-order valence-electron chi connectivity index (χ4n) is 0.792. The Morgan fingerprint density at radius 2 is 2.20 bits per heavy atom. The highest BCUT2D eigenvalue weighted by Crippen LogP contribution is 2.29. The van der Waals surface area contributed by atoms with Gasteiger partial charge in [-0.3, -0.25) is 5.21 Å². The van der Waals surface area contributed by atoms with Crippen molar-refractivity contribution in [2.75, 3.05) is 6.54 Å². The number of allylic oxidation sites excluding steroid dienone is 1. The minimum atomic E-state index is -0.00250. The molecule has 0 fully saturated rings. The molecule has 3 nitrogen and oxygen atoms in total. The SMILES string of the molecule is CC(C)(C)C1=CCN(O)O1. The highest BCUT2D eigenvalue weighted by atomic mass is 16.9. The number of hydrogen-bond acceptors (Lipinski definition) is 3. The molecule has 1 rings (SSSR count). The Morgan fingerprint density at radius 3 is 2.40 bits per heavy atom. The van der Waals surface area contributed by atoms with E-state index >= 15 is 0 Å². The zero-order chi connectivity index (χ0) is 7.78. The highest BCUT2D eigenvalue weighted by Gasteiger charge is 2.25. The van der Waals surface area contributed by atoms with Gasteiger partial charge in [-0.1, -0.05) is 20.8 Å². The maximum Gasteiger partial charge on any atom is 0.130 e. The van der Waals surface area contributed by atoms with E-state index in [4.69, 9.17) is 10.0 Å². The summed E-state index contributed by atoms with van der Waals surface area (Å²) in [5, 5.41) is 9.66. The van der Waals surface area contributed by atoms with E-state index in [-0.39, 0.29) is 5.41 Å². The first-order valence-corrected chi connectivity index (χ1v) is 3.35. The maximum atomic E-state index is 8.82. The summed E-state index contributed by atoms with van der Waals surface area (Å²) in [6.07, 6.45) is 1.88. The summed E-state index contributed by atoms with van der Waals surface area (Å²) >= 11 is 0. The predicted molar refractivity (Wildman–Crippen MR) is 37.1 cm³/mol. The quantitative estimate of drug-likeness (QED) is 0.558. The van der Waals surface area contributed by atoms with E-state index in [9.17, 15) is 0 Å². The lowest BCUT2D eigenvalue weighted by Crippen LogP contribution is -2.17. The summed E-state index contributed by atoms with van der Waals surface area (Å²) in [7, 11) is 0. The van der Waals surface area contributed by atoms with Gasteiger partial charge in [0, 0.05) is 5.41 Å². The largest absolute Gasteiger partial charge is 0.385 e. The Kier molecular flexibility index (Phi) is 1.70. The van der Waals surface area contributed by atoms with Crippen LogP contribution in [-0.4, -0.2) is 17.0 Å². The molecule has 0 aliphatic carbocycles. The van der Waals surface area contributed by atoms with Gasteiger partial charge in [-0.25, -0.2) is 0 Å². The van der Waals surface area contributed by atoms with Crippen molar-refractivity contribution in [1.29, 1.82) is 0 Å². The Hall–Kier alpha value is -0.540. The Bertz CT molecular complexity index is 157. The van der Waals surface area contributed by atoms with Crippen molar-refractivity contribution in [3.8, 4) is 0 Å². The molecule has 58 valence electrons. The molecule has 0 amide bonds. The van der Waals surface area contributed by atoms with Crippen molar-refractivity contribution in [2.24, 2.45) is 5.41 Å². The molecular weight excluding hydrogens is 130 g/mol. The lowest BCUT2D eigenvalue weighted by Gasteiger charge is -2.19. The molecule has 0 saturated carbocycles. The molecule has 0 radical (unpaired) electrons. The summed E-state index contributed by atoms with van der Waals surface area (Å²) in [6, 6.07) is 0. The molecule has 3 heteroatoms. The van der Waals surface area contributed by atoms with Crippen molar-refractivity contribution in [1.82, 2.24) is 5.23 Å². The van der Waals surface area contributed by atoms with E-state index in [1.165, 1.54) is 0 Å². The van der Waals surface area contributed by atoms with Gasteiger partial charge in [0.15, 0.2) is 0 Å². The molecular formula is C7H13NO2. The number of hydroxylamine groups is 2. The van der Waals surface area contributed by atoms with Crippen LogP contribution in [-0.2, 0) is 4.84 Å². The molecule has 0 aromatic carbocycles. The smallest absolute Gasteiger partial charge is 0.130 e. The van der Waals surface area contributed by atoms with Crippen molar-refractivity contribution < 1.29 is 10.0 Å². The molecule has 1 aliphatic heterocycles. The van der Waals surface area contributed by atoms with Gasteiger partial charge in [0.25, 0.3) is 0 Å². The molecule has 1 heterocycles. The van der Waals surface area contributed by atoms with Crippen molar-refractivity contribution in [3.63, 3.8) is 0 Å². The first kappa shape index (κ1) is 7.57. The van der Waals surface area contributed by atoms with Crippen molar-refractivity contribution in [3.05, 3.63) is 11.8 Å². The molecule has 0 aromatic rings. The van der Waals surface area contributed by atoms with E-state index in [1.54, 1.807) is 0 Å². The third-order valence-electron chi connectivity index (χ3n) is 1.38. The molecule has 0 saturated heterocycles. The zero-order valence-electron chi connectivity index (χ0n) is 6.59. The van der Waals surface area contributed by atoms with E-state index in [0.29, 0.717) is 6.54 Å². The average molecular weight is 143 g/mol. The summed E-state index contributed by atoms with van der Waals surface area (Å²) in [5.74, 6) is 0.829. The van der Waals surface area contributed by atoms with Gasteiger partial charge in [0.05, 0.1) is 6.54 Å². The normalized spacial score (nSPS) is 20.6. The van der Waals surface area contributed by atoms with E-state index < -0.39 is 0 Å². The summed E-state index contributed by atoms with van der Waals surface area (Å²) < 4.78 is 0. The van der Waals surface area contributed by atoms with Crippen LogP contribution < -0.4 is 0 Å². The molecule has 1 N–H and O–H groups in total. The summed E-state index contributed by atoms with van der Waals surface area (Å²) in [6.45, 7) is 6.58. The van der Waals surface area contributed by atoms with Crippen LogP contribution in [0, 0.1) is 5.41 Å². The van der Waals surface area contributed by atoms with Crippen LogP contribution in [0.3, 0.4) is 0 Å². The van der Waals surface area contributed by atoms with Crippen molar-refractivity contribution >= 4 is 0 Å². The third-order valence-corrected chi connectivity index (χ3v) is 1.38.